The second-order valence-corrected chi connectivity index (χ2v) is 7.15. The Morgan fingerprint density at radius 2 is 1.81 bits per heavy atom. The first-order chi connectivity index (χ1) is 15.3. The topological polar surface area (TPSA) is 93.5 Å². The van der Waals surface area contributed by atoms with Gasteiger partial charge in [0, 0.05) is 23.9 Å². The van der Waals surface area contributed by atoms with E-state index in [1.165, 1.54) is 12.1 Å². The molecule has 7 nitrogen and oxygen atoms in total. The number of amides is 2. The zero-order valence-corrected chi connectivity index (χ0v) is 16.6. The van der Waals surface area contributed by atoms with Crippen molar-refractivity contribution in [2.75, 3.05) is 17.2 Å². The van der Waals surface area contributed by atoms with Crippen LogP contribution in [0.15, 0.2) is 59.1 Å². The van der Waals surface area contributed by atoms with Gasteiger partial charge in [0.2, 0.25) is 5.76 Å². The van der Waals surface area contributed by atoms with Crippen molar-refractivity contribution in [3.8, 4) is 11.3 Å². The third kappa shape index (κ3) is 4.80. The van der Waals surface area contributed by atoms with Crippen LogP contribution in [0.5, 0.6) is 0 Å². The number of nitrogens with zero attached hydrogens (tertiary/aromatic N) is 1. The summed E-state index contributed by atoms with van der Waals surface area (Å²) in [5.74, 6) is -1.64. The molecule has 2 N–H and O–H groups in total. The first kappa shape index (κ1) is 21.6. The number of benzene rings is 2. The zero-order chi connectivity index (χ0) is 22.7. The number of ether oxygens (including phenoxy) is 1. The lowest BCUT2D eigenvalue weighted by Gasteiger charge is -2.16. The molecule has 1 unspecified atom stereocenters. The average molecular weight is 445 g/mol. The fourth-order valence-corrected chi connectivity index (χ4v) is 3.28. The number of aromatic nitrogens is 1. The third-order valence-corrected chi connectivity index (χ3v) is 4.87. The molecule has 0 spiro atoms. The second-order valence-electron chi connectivity index (χ2n) is 7.15. The third-order valence-electron chi connectivity index (χ3n) is 4.87. The van der Waals surface area contributed by atoms with Crippen molar-refractivity contribution in [1.82, 2.24) is 5.16 Å². The van der Waals surface area contributed by atoms with Crippen LogP contribution in [-0.2, 0) is 15.7 Å². The molecule has 32 heavy (non-hydrogen) atoms. The van der Waals surface area contributed by atoms with Crippen LogP contribution in [0, 0.1) is 0 Å². The highest BCUT2D eigenvalue weighted by Gasteiger charge is 2.35. The van der Waals surface area contributed by atoms with Crippen LogP contribution in [0.4, 0.5) is 24.5 Å². The van der Waals surface area contributed by atoms with E-state index >= 15 is 0 Å². The summed E-state index contributed by atoms with van der Waals surface area (Å²) in [5.41, 5.74) is -0.576. The Labute approximate surface area is 180 Å². The van der Waals surface area contributed by atoms with Gasteiger partial charge < -0.3 is 19.9 Å². The minimum atomic E-state index is -4.77. The smallest absolute Gasteiger partial charge is 0.368 e. The molecule has 1 saturated heterocycles. The fraction of sp³-hybridized carbons (Fsp3) is 0.227. The SMILES string of the molecule is O=C(Nc1ccc(NC(=O)C2CCCO2)cc1C(F)(F)F)c1cc(-c2ccccc2)no1. The molecule has 1 aliphatic heterocycles. The van der Waals surface area contributed by atoms with Gasteiger partial charge in [0.1, 0.15) is 11.8 Å². The molecule has 2 amide bonds. The molecule has 2 aromatic carbocycles. The molecule has 0 saturated carbocycles. The average Bonchev–Trinajstić information content (AvgIpc) is 3.47. The molecule has 1 atom stereocenters. The fourth-order valence-electron chi connectivity index (χ4n) is 3.28. The number of carbonyl (C=O) groups is 2. The van der Waals surface area contributed by atoms with Crippen LogP contribution in [0.25, 0.3) is 11.3 Å². The molecule has 0 aliphatic carbocycles. The molecule has 3 aromatic rings. The van der Waals surface area contributed by atoms with Crippen LogP contribution < -0.4 is 10.6 Å². The number of carbonyl (C=O) groups excluding carboxylic acids is 2. The Morgan fingerprint density at radius 1 is 1.03 bits per heavy atom. The molecule has 166 valence electrons. The molecule has 0 bridgehead atoms. The monoisotopic (exact) mass is 445 g/mol. The van der Waals surface area contributed by atoms with Gasteiger partial charge in [0.05, 0.1) is 11.3 Å². The standard InChI is InChI=1S/C22H18F3N3O4/c23-22(24,25)15-11-14(26-20(29)18-7-4-10-31-18)8-9-16(15)27-21(30)19-12-17(28-32-19)13-5-2-1-3-6-13/h1-3,5-6,8-9,11-12,18H,4,7,10H2,(H,26,29)(H,27,30). The van der Waals surface area contributed by atoms with Gasteiger partial charge in [-0.1, -0.05) is 35.5 Å². The van der Waals surface area contributed by atoms with E-state index in [9.17, 15) is 22.8 Å². The molecular formula is C22H18F3N3O4. The number of hydrogen-bond donors (Lipinski definition) is 2. The predicted molar refractivity (Wildman–Crippen MR) is 109 cm³/mol. The lowest BCUT2D eigenvalue weighted by molar-refractivity contribution is -0.137. The summed E-state index contributed by atoms with van der Waals surface area (Å²) in [6.45, 7) is 0.435. The molecule has 4 rings (SSSR count). The molecule has 0 radical (unpaired) electrons. The summed E-state index contributed by atoms with van der Waals surface area (Å²) < 4.78 is 51.1. The van der Waals surface area contributed by atoms with E-state index in [1.807, 2.05) is 6.07 Å². The van der Waals surface area contributed by atoms with Crippen LogP contribution in [0.3, 0.4) is 0 Å². The van der Waals surface area contributed by atoms with Gasteiger partial charge in [0.15, 0.2) is 0 Å². The summed E-state index contributed by atoms with van der Waals surface area (Å²) in [7, 11) is 0. The normalized spacial score (nSPS) is 16.0. The maximum atomic E-state index is 13.6. The van der Waals surface area contributed by atoms with Gasteiger partial charge >= 0.3 is 6.18 Å². The highest BCUT2D eigenvalue weighted by Crippen LogP contribution is 2.37. The van der Waals surface area contributed by atoms with E-state index in [2.05, 4.69) is 15.8 Å². The predicted octanol–water partition coefficient (Wildman–Crippen LogP) is 4.73. The highest BCUT2D eigenvalue weighted by atomic mass is 19.4. The molecule has 1 fully saturated rings. The van der Waals surface area contributed by atoms with E-state index in [4.69, 9.17) is 9.26 Å². The largest absolute Gasteiger partial charge is 0.418 e. The Hall–Kier alpha value is -3.66. The molecule has 10 heteroatoms. The zero-order valence-electron chi connectivity index (χ0n) is 16.6. The quantitative estimate of drug-likeness (QED) is 0.592. The maximum Gasteiger partial charge on any atom is 0.418 e. The number of rotatable bonds is 5. The van der Waals surface area contributed by atoms with Crippen molar-refractivity contribution in [3.05, 3.63) is 65.9 Å². The summed E-state index contributed by atoms with van der Waals surface area (Å²) in [4.78, 5) is 24.6. The summed E-state index contributed by atoms with van der Waals surface area (Å²) in [6.07, 6.45) is -4.24. The van der Waals surface area contributed by atoms with Crippen molar-refractivity contribution in [3.63, 3.8) is 0 Å². The summed E-state index contributed by atoms with van der Waals surface area (Å²) in [6, 6.07) is 13.3. The van der Waals surface area contributed by atoms with Crippen molar-refractivity contribution >= 4 is 23.2 Å². The molecule has 1 aliphatic rings. The van der Waals surface area contributed by atoms with Gasteiger partial charge in [-0.05, 0) is 31.0 Å². The van der Waals surface area contributed by atoms with Crippen LogP contribution in [0.1, 0.15) is 29.0 Å². The molecular weight excluding hydrogens is 427 g/mol. The molecule has 1 aromatic heterocycles. The van der Waals surface area contributed by atoms with Crippen molar-refractivity contribution in [1.29, 1.82) is 0 Å². The number of halogens is 3. The maximum absolute atomic E-state index is 13.6. The number of anilines is 2. The van der Waals surface area contributed by atoms with Crippen LogP contribution in [-0.4, -0.2) is 29.7 Å². The lowest BCUT2D eigenvalue weighted by atomic mass is 10.1. The van der Waals surface area contributed by atoms with Gasteiger partial charge in [-0.2, -0.15) is 13.2 Å². The van der Waals surface area contributed by atoms with E-state index in [1.54, 1.807) is 24.3 Å². The Bertz CT molecular complexity index is 1120. The Kier molecular flexibility index (Phi) is 5.95. The van der Waals surface area contributed by atoms with E-state index in [-0.39, 0.29) is 11.4 Å². The first-order valence-electron chi connectivity index (χ1n) is 9.78. The Morgan fingerprint density at radius 3 is 2.50 bits per heavy atom. The van der Waals surface area contributed by atoms with Crippen LogP contribution >= 0.6 is 0 Å². The minimum absolute atomic E-state index is 0.0538. The lowest BCUT2D eigenvalue weighted by Crippen LogP contribution is -2.27. The van der Waals surface area contributed by atoms with Crippen molar-refractivity contribution in [2.45, 2.75) is 25.1 Å². The van der Waals surface area contributed by atoms with Gasteiger partial charge in [-0.3, -0.25) is 9.59 Å². The van der Waals surface area contributed by atoms with E-state index in [0.29, 0.717) is 30.7 Å². The molecule has 2 heterocycles. The van der Waals surface area contributed by atoms with Crippen molar-refractivity contribution in [2.24, 2.45) is 0 Å². The van der Waals surface area contributed by atoms with Gasteiger partial charge in [-0.15, -0.1) is 0 Å². The second kappa shape index (κ2) is 8.83. The minimum Gasteiger partial charge on any atom is -0.368 e. The highest BCUT2D eigenvalue weighted by molar-refractivity contribution is 6.03. The summed E-state index contributed by atoms with van der Waals surface area (Å²) >= 11 is 0. The van der Waals surface area contributed by atoms with E-state index < -0.39 is 35.3 Å². The van der Waals surface area contributed by atoms with Gasteiger partial charge in [0.25, 0.3) is 11.8 Å². The first-order valence-corrected chi connectivity index (χ1v) is 9.78. The number of alkyl halides is 3. The van der Waals surface area contributed by atoms with Crippen molar-refractivity contribution < 1.29 is 32.0 Å². The number of nitrogens with one attached hydrogen (secondary N) is 2. The van der Waals surface area contributed by atoms with Crippen LogP contribution in [0.2, 0.25) is 0 Å². The summed E-state index contributed by atoms with van der Waals surface area (Å²) in [5, 5.41) is 8.42. The Balaban J connectivity index is 1.53. The van der Waals surface area contributed by atoms with E-state index in [0.717, 1.165) is 12.1 Å². The van der Waals surface area contributed by atoms with Gasteiger partial charge in [-0.25, -0.2) is 0 Å². The number of hydrogen-bond acceptors (Lipinski definition) is 5.